The normalized spacial score (nSPS) is 47.4. The molecule has 2 aliphatic heterocycles. The van der Waals surface area contributed by atoms with E-state index in [-0.39, 0.29) is 57.6 Å². The molecule has 6 fully saturated rings. The van der Waals surface area contributed by atoms with Crippen molar-refractivity contribution in [2.75, 3.05) is 40.3 Å². The third kappa shape index (κ3) is 5.30. The Morgan fingerprint density at radius 2 is 1.35 bits per heavy atom. The molecule has 2 saturated heterocycles. The van der Waals surface area contributed by atoms with Crippen LogP contribution in [0.15, 0.2) is 0 Å². The number of rotatable bonds is 3. The topological polar surface area (TPSA) is 46.5 Å². The average Bonchev–Trinajstić information content (AvgIpc) is 3.16. The van der Waals surface area contributed by atoms with E-state index in [1.165, 1.54) is 103 Å². The second-order valence-corrected chi connectivity index (χ2v) is 16.1. The summed E-state index contributed by atoms with van der Waals surface area (Å²) >= 11 is 0. The van der Waals surface area contributed by atoms with E-state index in [1.54, 1.807) is 6.92 Å². The fraction of sp³-hybridized carbons (Fsp3) is 0.970. The number of hydrogen-bond acceptors (Lipinski definition) is 3. The van der Waals surface area contributed by atoms with E-state index in [1.807, 2.05) is 0 Å². The molecule has 0 aromatic heterocycles. The first kappa shape index (κ1) is 33.2. The van der Waals surface area contributed by atoms with Gasteiger partial charge in [0.15, 0.2) is 6.10 Å². The minimum absolute atomic E-state index is 0. The Bertz CT molecular complexity index is 906. The van der Waals surface area contributed by atoms with E-state index in [9.17, 15) is 9.90 Å². The zero-order valence-corrected chi connectivity index (χ0v) is 29.2. The van der Waals surface area contributed by atoms with Crippen LogP contribution >= 0.6 is 0 Å². The molecular formula is C33H58Br2N2O3. The summed E-state index contributed by atoms with van der Waals surface area (Å²) in [6.07, 6.45) is 16.5. The van der Waals surface area contributed by atoms with Gasteiger partial charge in [0, 0.05) is 25.2 Å². The lowest BCUT2D eigenvalue weighted by Crippen LogP contribution is -3.00. The van der Waals surface area contributed by atoms with Crippen molar-refractivity contribution >= 4 is 5.97 Å². The first-order valence-electron chi connectivity index (χ1n) is 16.5. The van der Waals surface area contributed by atoms with Gasteiger partial charge in [0.2, 0.25) is 0 Å². The highest BCUT2D eigenvalue weighted by Gasteiger charge is 2.66. The first-order valence-corrected chi connectivity index (χ1v) is 16.5. The molecule has 0 aromatic carbocycles. The number of carbonyl (C=O) groups excluding carboxylic acids is 1. The quantitative estimate of drug-likeness (QED) is 0.323. The molecule has 10 unspecified atom stereocenters. The molecule has 6 aliphatic rings. The number of carbonyl (C=O) groups is 1. The van der Waals surface area contributed by atoms with Gasteiger partial charge in [-0.1, -0.05) is 13.8 Å². The SMILES string of the molecule is CC(=O)OC1CC2CCC3C(CCC4(C)C(O)C([N+]5(C)CCCCC5)CC34)C2(C)CC1[N+]1(C)CCCCC1.[Br-].[Br-]. The number of aliphatic hydroxyl groups excluding tert-OH is 1. The summed E-state index contributed by atoms with van der Waals surface area (Å²) in [5.74, 6) is 2.76. The summed E-state index contributed by atoms with van der Waals surface area (Å²) in [5.41, 5.74) is 0.421. The summed E-state index contributed by atoms with van der Waals surface area (Å²) in [7, 11) is 4.94. The molecule has 0 bridgehead atoms. The molecule has 40 heavy (non-hydrogen) atoms. The highest BCUT2D eigenvalue weighted by atomic mass is 79.9. The first-order chi connectivity index (χ1) is 18.0. The molecule has 4 aliphatic carbocycles. The second-order valence-electron chi connectivity index (χ2n) is 16.1. The van der Waals surface area contributed by atoms with Gasteiger partial charge in [-0.3, -0.25) is 4.79 Å². The Morgan fingerprint density at radius 3 is 1.93 bits per heavy atom. The van der Waals surface area contributed by atoms with Crippen LogP contribution in [0, 0.1) is 34.5 Å². The van der Waals surface area contributed by atoms with Crippen molar-refractivity contribution in [2.24, 2.45) is 34.5 Å². The zero-order valence-electron chi connectivity index (χ0n) is 26.1. The Labute approximate surface area is 265 Å². The molecule has 0 spiro atoms. The molecule has 0 radical (unpaired) electrons. The van der Waals surface area contributed by atoms with Crippen molar-refractivity contribution in [2.45, 2.75) is 129 Å². The number of aliphatic hydroxyl groups is 1. The number of likely N-dealkylation sites (N-methyl/N-ethyl adjacent to an activating group) is 2. The smallest absolute Gasteiger partial charge is 0.303 e. The van der Waals surface area contributed by atoms with Gasteiger partial charge >= 0.3 is 5.97 Å². The zero-order chi connectivity index (χ0) is 26.9. The highest BCUT2D eigenvalue weighted by Crippen LogP contribution is 2.67. The largest absolute Gasteiger partial charge is 1.00 e. The van der Waals surface area contributed by atoms with E-state index in [4.69, 9.17) is 4.74 Å². The van der Waals surface area contributed by atoms with E-state index in [0.29, 0.717) is 29.3 Å². The monoisotopic (exact) mass is 688 g/mol. The number of halogens is 2. The molecule has 2 heterocycles. The Hall–Kier alpha value is 0.310. The van der Waals surface area contributed by atoms with Gasteiger partial charge in [0.1, 0.15) is 18.2 Å². The van der Waals surface area contributed by atoms with Crippen molar-refractivity contribution in [3.8, 4) is 0 Å². The molecule has 6 rings (SSSR count). The van der Waals surface area contributed by atoms with Crippen molar-refractivity contribution < 1.29 is 57.6 Å². The fourth-order valence-electron chi connectivity index (χ4n) is 11.9. The maximum atomic E-state index is 12.2. The minimum atomic E-state index is -0.146. The number of nitrogens with zero attached hydrogens (tertiary/aromatic N) is 2. The number of piperidine rings is 2. The van der Waals surface area contributed by atoms with Crippen LogP contribution in [0.25, 0.3) is 0 Å². The lowest BCUT2D eigenvalue weighted by molar-refractivity contribution is -0.943. The number of ether oxygens (including phenoxy) is 1. The fourth-order valence-corrected chi connectivity index (χ4v) is 11.9. The van der Waals surface area contributed by atoms with E-state index in [2.05, 4.69) is 27.9 Å². The van der Waals surface area contributed by atoms with Gasteiger partial charge in [0.05, 0.1) is 40.3 Å². The van der Waals surface area contributed by atoms with Crippen LogP contribution in [-0.4, -0.2) is 84.6 Å². The van der Waals surface area contributed by atoms with Gasteiger partial charge < -0.3 is 52.8 Å². The predicted molar refractivity (Wildman–Crippen MR) is 151 cm³/mol. The molecule has 1 N–H and O–H groups in total. The number of likely N-dealkylation sites (tertiary alicyclic amines) is 2. The Kier molecular flexibility index (Phi) is 9.97. The van der Waals surface area contributed by atoms with Crippen LogP contribution in [0.5, 0.6) is 0 Å². The third-order valence-electron chi connectivity index (χ3n) is 14.2. The summed E-state index contributed by atoms with van der Waals surface area (Å²) in [6.45, 7) is 11.7. The molecule has 232 valence electrons. The summed E-state index contributed by atoms with van der Waals surface area (Å²) in [4.78, 5) is 12.2. The predicted octanol–water partition coefficient (Wildman–Crippen LogP) is -0.452. The van der Waals surface area contributed by atoms with E-state index < -0.39 is 0 Å². The van der Waals surface area contributed by atoms with Crippen LogP contribution in [-0.2, 0) is 9.53 Å². The van der Waals surface area contributed by atoms with Crippen LogP contribution in [0.1, 0.15) is 104 Å². The van der Waals surface area contributed by atoms with E-state index >= 15 is 0 Å². The maximum Gasteiger partial charge on any atom is 0.303 e. The number of quaternary nitrogens is 2. The molecule has 5 nitrogen and oxygen atoms in total. The van der Waals surface area contributed by atoms with E-state index in [0.717, 1.165) is 27.2 Å². The molecule has 0 amide bonds. The van der Waals surface area contributed by atoms with Crippen molar-refractivity contribution in [3.63, 3.8) is 0 Å². The van der Waals surface area contributed by atoms with Gasteiger partial charge in [-0.25, -0.2) is 0 Å². The maximum absolute atomic E-state index is 12.2. The number of hydrogen-bond donors (Lipinski definition) is 1. The average molecular weight is 691 g/mol. The van der Waals surface area contributed by atoms with Crippen LogP contribution in [0.3, 0.4) is 0 Å². The molecule has 10 atom stereocenters. The summed E-state index contributed by atoms with van der Waals surface area (Å²) in [6, 6.07) is 0.868. The second kappa shape index (κ2) is 12.0. The number of esters is 1. The van der Waals surface area contributed by atoms with Crippen LogP contribution in [0.4, 0.5) is 0 Å². The van der Waals surface area contributed by atoms with Gasteiger partial charge in [-0.05, 0) is 99.7 Å². The van der Waals surface area contributed by atoms with Gasteiger partial charge in [-0.15, -0.1) is 0 Å². The van der Waals surface area contributed by atoms with Crippen molar-refractivity contribution in [3.05, 3.63) is 0 Å². The van der Waals surface area contributed by atoms with Gasteiger partial charge in [-0.2, -0.15) is 0 Å². The molecule has 7 heteroatoms. The Balaban J connectivity index is 0.00000185. The summed E-state index contributed by atoms with van der Waals surface area (Å²) in [5, 5.41) is 11.9. The van der Waals surface area contributed by atoms with Crippen LogP contribution in [0.2, 0.25) is 0 Å². The lowest BCUT2D eigenvalue weighted by Gasteiger charge is -2.63. The van der Waals surface area contributed by atoms with Crippen molar-refractivity contribution in [1.29, 1.82) is 0 Å². The van der Waals surface area contributed by atoms with Crippen LogP contribution < -0.4 is 34.0 Å². The van der Waals surface area contributed by atoms with Gasteiger partial charge in [0.25, 0.3) is 0 Å². The summed E-state index contributed by atoms with van der Waals surface area (Å²) < 4.78 is 8.38. The third-order valence-corrected chi connectivity index (χ3v) is 14.2. The molecule has 4 saturated carbocycles. The molecular weight excluding hydrogens is 632 g/mol. The lowest BCUT2D eigenvalue weighted by atomic mass is 9.44. The Morgan fingerprint density at radius 1 is 0.775 bits per heavy atom. The van der Waals surface area contributed by atoms with Crippen molar-refractivity contribution in [1.82, 2.24) is 0 Å². The highest BCUT2D eigenvalue weighted by molar-refractivity contribution is 5.66. The molecule has 0 aromatic rings. The minimum Gasteiger partial charge on any atom is -1.00 e. The number of fused-ring (bicyclic) bond motifs is 5. The standard InChI is InChI=1S/C33H58N2O3.2BrH/c1-23(36)38-30-20-24-12-13-25-26(33(24,3)22-29(30)35(5)18-10-7-11-19-35)14-15-32(2)27(25)21-28(31(32)37)34(4)16-8-6-9-17-34;;/h24-31,37H,6-22H2,1-5H3;2*1H/q+2;;/p-2.